The summed E-state index contributed by atoms with van der Waals surface area (Å²) in [6, 6.07) is 16.6. The van der Waals surface area contributed by atoms with Gasteiger partial charge in [-0.2, -0.15) is 0 Å². The third kappa shape index (κ3) is 4.03. The standard InChI is InChI=1S/C20H19N3O2S/c1-13-11-17(16-9-4-5-10-18(16)21-13)19(24)22-14-7-6-8-15(12-14)26-20(25)23(2)3/h4-12H,1-3H3,(H,22,24). The van der Waals surface area contributed by atoms with Crippen LogP contribution in [0.1, 0.15) is 16.1 Å². The maximum atomic E-state index is 12.8. The number of rotatable bonds is 3. The van der Waals surface area contributed by atoms with Gasteiger partial charge in [0.05, 0.1) is 11.1 Å². The van der Waals surface area contributed by atoms with Gasteiger partial charge in [-0.25, -0.2) is 0 Å². The van der Waals surface area contributed by atoms with Crippen LogP contribution in [0.5, 0.6) is 0 Å². The van der Waals surface area contributed by atoms with Crippen LogP contribution >= 0.6 is 11.8 Å². The van der Waals surface area contributed by atoms with Gasteiger partial charge in [0.25, 0.3) is 11.1 Å². The molecule has 0 unspecified atom stereocenters. The van der Waals surface area contributed by atoms with Crippen molar-refractivity contribution < 1.29 is 9.59 Å². The highest BCUT2D eigenvalue weighted by Crippen LogP contribution is 2.25. The van der Waals surface area contributed by atoms with Crippen molar-refractivity contribution >= 4 is 39.5 Å². The van der Waals surface area contributed by atoms with E-state index in [9.17, 15) is 9.59 Å². The second kappa shape index (κ2) is 7.58. The van der Waals surface area contributed by atoms with E-state index < -0.39 is 0 Å². The van der Waals surface area contributed by atoms with Gasteiger partial charge in [-0.15, -0.1) is 0 Å². The Bertz CT molecular complexity index is 986. The van der Waals surface area contributed by atoms with Crippen molar-refractivity contribution in [2.45, 2.75) is 11.8 Å². The molecule has 5 nitrogen and oxygen atoms in total. The summed E-state index contributed by atoms with van der Waals surface area (Å²) < 4.78 is 0. The fourth-order valence-corrected chi connectivity index (χ4v) is 3.24. The molecule has 0 radical (unpaired) electrons. The lowest BCUT2D eigenvalue weighted by atomic mass is 10.1. The highest BCUT2D eigenvalue weighted by Gasteiger charge is 2.13. The summed E-state index contributed by atoms with van der Waals surface area (Å²) >= 11 is 1.12. The second-order valence-corrected chi connectivity index (χ2v) is 7.10. The van der Waals surface area contributed by atoms with Crippen LogP contribution in [0.3, 0.4) is 0 Å². The van der Waals surface area contributed by atoms with E-state index in [-0.39, 0.29) is 11.1 Å². The molecule has 0 spiro atoms. The molecule has 3 rings (SSSR count). The zero-order chi connectivity index (χ0) is 18.7. The summed E-state index contributed by atoms with van der Waals surface area (Å²) in [5.74, 6) is -0.201. The van der Waals surface area contributed by atoms with Crippen molar-refractivity contribution in [3.63, 3.8) is 0 Å². The molecule has 3 aromatic rings. The number of benzene rings is 2. The Kier molecular flexibility index (Phi) is 5.23. The Hall–Kier alpha value is -2.86. The number of fused-ring (bicyclic) bond motifs is 1. The van der Waals surface area contributed by atoms with Gasteiger partial charge in [-0.05, 0) is 49.0 Å². The molecule has 6 heteroatoms. The summed E-state index contributed by atoms with van der Waals surface area (Å²) in [7, 11) is 3.41. The molecule has 2 aromatic carbocycles. The maximum absolute atomic E-state index is 12.8. The molecule has 0 aliphatic carbocycles. The first kappa shape index (κ1) is 17.9. The van der Waals surface area contributed by atoms with E-state index in [4.69, 9.17) is 0 Å². The van der Waals surface area contributed by atoms with Gasteiger partial charge in [0.15, 0.2) is 0 Å². The monoisotopic (exact) mass is 365 g/mol. The van der Waals surface area contributed by atoms with Crippen molar-refractivity contribution in [2.75, 3.05) is 19.4 Å². The molecular formula is C20H19N3O2S. The van der Waals surface area contributed by atoms with Crippen molar-refractivity contribution in [3.05, 3.63) is 65.9 Å². The molecule has 0 atom stereocenters. The van der Waals surface area contributed by atoms with Crippen LogP contribution in [0.2, 0.25) is 0 Å². The number of carbonyl (C=O) groups is 2. The minimum absolute atomic E-state index is 0.0655. The van der Waals surface area contributed by atoms with Crippen LogP contribution < -0.4 is 5.32 Å². The summed E-state index contributed by atoms with van der Waals surface area (Å²) in [4.78, 5) is 31.4. The number of aromatic nitrogens is 1. The Morgan fingerprint density at radius 1 is 1.04 bits per heavy atom. The number of carbonyl (C=O) groups excluding carboxylic acids is 2. The summed E-state index contributed by atoms with van der Waals surface area (Å²) in [5, 5.41) is 3.66. The lowest BCUT2D eigenvalue weighted by Crippen LogP contribution is -2.16. The number of pyridine rings is 1. The van der Waals surface area contributed by atoms with Gasteiger partial charge >= 0.3 is 0 Å². The number of hydrogen-bond donors (Lipinski definition) is 1. The molecule has 0 aliphatic heterocycles. The van der Waals surface area contributed by atoms with Crippen molar-refractivity contribution in [1.82, 2.24) is 9.88 Å². The van der Waals surface area contributed by atoms with Crippen molar-refractivity contribution in [2.24, 2.45) is 0 Å². The normalized spacial score (nSPS) is 10.6. The van der Waals surface area contributed by atoms with Crippen LogP contribution in [0.15, 0.2) is 59.5 Å². The molecule has 0 fully saturated rings. The highest BCUT2D eigenvalue weighted by atomic mass is 32.2. The average Bonchev–Trinajstić information content (AvgIpc) is 2.61. The van der Waals surface area contributed by atoms with Crippen molar-refractivity contribution in [3.8, 4) is 0 Å². The van der Waals surface area contributed by atoms with Crippen LogP contribution in [-0.4, -0.2) is 35.1 Å². The number of aryl methyl sites for hydroxylation is 1. The molecule has 1 heterocycles. The van der Waals surface area contributed by atoms with Crippen LogP contribution in [0.4, 0.5) is 10.5 Å². The molecule has 26 heavy (non-hydrogen) atoms. The Balaban J connectivity index is 1.86. The molecule has 2 amide bonds. The SMILES string of the molecule is Cc1cc(C(=O)Nc2cccc(SC(=O)N(C)C)c2)c2ccccc2n1. The van der Waals surface area contributed by atoms with Gasteiger partial charge in [0.1, 0.15) is 0 Å². The molecule has 0 saturated heterocycles. The van der Waals surface area contributed by atoms with Crippen LogP contribution in [-0.2, 0) is 0 Å². The molecular weight excluding hydrogens is 346 g/mol. The maximum Gasteiger partial charge on any atom is 0.285 e. The predicted molar refractivity (Wildman–Crippen MR) is 106 cm³/mol. The number of nitrogens with one attached hydrogen (secondary N) is 1. The van der Waals surface area contributed by atoms with E-state index >= 15 is 0 Å². The minimum Gasteiger partial charge on any atom is -0.339 e. The van der Waals surface area contributed by atoms with Gasteiger partial charge in [-0.3, -0.25) is 14.6 Å². The third-order valence-electron chi connectivity index (χ3n) is 3.75. The van der Waals surface area contributed by atoms with Crippen molar-refractivity contribution in [1.29, 1.82) is 0 Å². The van der Waals surface area contributed by atoms with E-state index in [1.54, 1.807) is 32.3 Å². The van der Waals surface area contributed by atoms with Crippen LogP contribution in [0.25, 0.3) is 10.9 Å². The topological polar surface area (TPSA) is 62.3 Å². The molecule has 0 aliphatic rings. The second-order valence-electron chi connectivity index (χ2n) is 6.07. The predicted octanol–water partition coefficient (Wildman–Crippen LogP) is 4.57. The minimum atomic E-state index is -0.201. The fourth-order valence-electron chi connectivity index (χ4n) is 2.52. The number of thioether (sulfide) groups is 1. The number of anilines is 1. The number of nitrogens with zero attached hydrogens (tertiary/aromatic N) is 2. The zero-order valence-electron chi connectivity index (χ0n) is 14.8. The molecule has 0 bridgehead atoms. The van der Waals surface area contributed by atoms with Gasteiger partial charge in [-0.1, -0.05) is 24.3 Å². The molecule has 1 aromatic heterocycles. The average molecular weight is 365 g/mol. The first-order valence-corrected chi connectivity index (χ1v) is 8.92. The molecule has 1 N–H and O–H groups in total. The highest BCUT2D eigenvalue weighted by molar-refractivity contribution is 8.13. The Morgan fingerprint density at radius 3 is 2.58 bits per heavy atom. The van der Waals surface area contributed by atoms with E-state index in [1.165, 1.54) is 4.90 Å². The first-order chi connectivity index (χ1) is 12.4. The van der Waals surface area contributed by atoms with E-state index in [1.807, 2.05) is 43.3 Å². The Morgan fingerprint density at radius 2 is 1.81 bits per heavy atom. The summed E-state index contributed by atoms with van der Waals surface area (Å²) in [6.07, 6.45) is 0. The quantitative estimate of drug-likeness (QED) is 0.691. The summed E-state index contributed by atoms with van der Waals surface area (Å²) in [5.41, 5.74) is 2.80. The Labute approximate surface area is 156 Å². The largest absolute Gasteiger partial charge is 0.339 e. The van der Waals surface area contributed by atoms with Crippen LogP contribution in [0, 0.1) is 6.92 Å². The lowest BCUT2D eigenvalue weighted by molar-refractivity contribution is 0.102. The van der Waals surface area contributed by atoms with Gasteiger partial charge < -0.3 is 10.2 Å². The molecule has 132 valence electrons. The molecule has 0 saturated carbocycles. The smallest absolute Gasteiger partial charge is 0.285 e. The van der Waals surface area contributed by atoms with Gasteiger partial charge in [0, 0.05) is 35.8 Å². The number of hydrogen-bond acceptors (Lipinski definition) is 4. The first-order valence-electron chi connectivity index (χ1n) is 8.11. The fraction of sp³-hybridized carbons (Fsp3) is 0.150. The number of amides is 2. The van der Waals surface area contributed by atoms with E-state index in [0.717, 1.165) is 33.3 Å². The number of para-hydroxylation sites is 1. The van der Waals surface area contributed by atoms with Gasteiger partial charge in [0.2, 0.25) is 0 Å². The summed E-state index contributed by atoms with van der Waals surface area (Å²) in [6.45, 7) is 1.87. The van der Waals surface area contributed by atoms with E-state index in [2.05, 4.69) is 10.3 Å². The van der Waals surface area contributed by atoms with E-state index in [0.29, 0.717) is 11.3 Å². The lowest BCUT2D eigenvalue weighted by Gasteiger charge is -2.11. The zero-order valence-corrected chi connectivity index (χ0v) is 15.6. The third-order valence-corrected chi connectivity index (χ3v) is 4.78.